The zero-order valence-corrected chi connectivity index (χ0v) is 17.6. The molecule has 0 radical (unpaired) electrons. The van der Waals surface area contributed by atoms with Crippen molar-refractivity contribution in [1.29, 1.82) is 0 Å². The van der Waals surface area contributed by atoms with Crippen LogP contribution in [-0.4, -0.2) is 27.2 Å². The van der Waals surface area contributed by atoms with Crippen LogP contribution in [0, 0.1) is 0 Å². The summed E-state index contributed by atoms with van der Waals surface area (Å²) in [6.07, 6.45) is 12.1. The molecule has 0 fully saturated rings. The van der Waals surface area contributed by atoms with Crippen LogP contribution in [0.25, 0.3) is 28.4 Å². The van der Waals surface area contributed by atoms with E-state index in [0.29, 0.717) is 11.6 Å². The third-order valence-corrected chi connectivity index (χ3v) is 4.89. The van der Waals surface area contributed by atoms with Gasteiger partial charge < -0.3 is 22.1 Å². The Kier molecular flexibility index (Phi) is 6.12. The molecule has 32 heavy (non-hydrogen) atoms. The molecular weight excluding hydrogens is 400 g/mol. The smallest absolute Gasteiger partial charge is 0.161 e. The summed E-state index contributed by atoms with van der Waals surface area (Å²) in [6.45, 7) is 0. The number of allylic oxidation sites excluding steroid dienone is 3. The number of aromatic nitrogens is 4. The average Bonchev–Trinajstić information content (AvgIpc) is 3.30. The number of anilines is 3. The Labute approximate surface area is 185 Å². The number of hydrogen-bond donors (Lipinski definition) is 5. The Morgan fingerprint density at radius 2 is 1.97 bits per heavy atom. The largest absolute Gasteiger partial charge is 0.405 e. The molecule has 2 heterocycles. The van der Waals surface area contributed by atoms with Crippen molar-refractivity contribution in [3.05, 3.63) is 90.5 Å². The molecule has 4 rings (SSSR count). The molecule has 0 aliphatic rings. The van der Waals surface area contributed by atoms with E-state index in [1.54, 1.807) is 18.5 Å². The fraction of sp³-hybridized carbons (Fsp3) is 0.0417. The summed E-state index contributed by atoms with van der Waals surface area (Å²) in [5, 5.41) is 14.6. The Morgan fingerprint density at radius 3 is 2.78 bits per heavy atom. The molecule has 8 heteroatoms. The second-order valence-corrected chi connectivity index (χ2v) is 6.97. The molecule has 0 spiro atoms. The van der Waals surface area contributed by atoms with Crippen LogP contribution in [-0.2, 0) is 0 Å². The van der Waals surface area contributed by atoms with Gasteiger partial charge in [-0.05, 0) is 53.7 Å². The van der Waals surface area contributed by atoms with Gasteiger partial charge in [0.1, 0.15) is 5.82 Å². The van der Waals surface area contributed by atoms with Gasteiger partial charge in [0.25, 0.3) is 0 Å². The summed E-state index contributed by atoms with van der Waals surface area (Å²) in [5.74, 6) is 1.33. The number of benzene rings is 2. The molecule has 0 amide bonds. The van der Waals surface area contributed by atoms with E-state index >= 15 is 0 Å². The molecule has 2 aromatic heterocycles. The highest BCUT2D eigenvalue weighted by molar-refractivity contribution is 5.82. The van der Waals surface area contributed by atoms with Gasteiger partial charge in [-0.25, -0.2) is 9.97 Å². The first kappa shape index (κ1) is 20.7. The Balaban J connectivity index is 1.58. The fourth-order valence-electron chi connectivity index (χ4n) is 3.26. The maximum Gasteiger partial charge on any atom is 0.161 e. The SMILES string of the molecule is CNc1cc(-c2nccc(Nc3ccc4[nH]ncc4c3)n2)ccc1/C=C/C(/C=C\N)=C/N. The highest BCUT2D eigenvalue weighted by Gasteiger charge is 2.07. The average molecular weight is 425 g/mol. The first-order valence-corrected chi connectivity index (χ1v) is 10.0. The normalized spacial score (nSPS) is 12.1. The van der Waals surface area contributed by atoms with Gasteiger partial charge in [0.15, 0.2) is 5.82 Å². The van der Waals surface area contributed by atoms with E-state index in [4.69, 9.17) is 11.5 Å². The first-order valence-electron chi connectivity index (χ1n) is 10.0. The number of hydrogen-bond acceptors (Lipinski definition) is 7. The van der Waals surface area contributed by atoms with Gasteiger partial charge in [0.05, 0.1) is 11.7 Å². The van der Waals surface area contributed by atoms with E-state index in [1.807, 2.05) is 61.7 Å². The predicted molar refractivity (Wildman–Crippen MR) is 131 cm³/mol. The van der Waals surface area contributed by atoms with Crippen molar-refractivity contribution < 1.29 is 0 Å². The lowest BCUT2D eigenvalue weighted by Crippen LogP contribution is -1.98. The Bertz CT molecular complexity index is 1320. The zero-order valence-electron chi connectivity index (χ0n) is 17.6. The minimum Gasteiger partial charge on any atom is -0.405 e. The van der Waals surface area contributed by atoms with Gasteiger partial charge in [0, 0.05) is 41.8 Å². The molecule has 0 atom stereocenters. The maximum atomic E-state index is 5.62. The predicted octanol–water partition coefficient (Wildman–Crippen LogP) is 4.13. The summed E-state index contributed by atoms with van der Waals surface area (Å²) < 4.78 is 0. The zero-order chi connectivity index (χ0) is 22.3. The summed E-state index contributed by atoms with van der Waals surface area (Å²) in [5.41, 5.74) is 16.6. The highest BCUT2D eigenvalue weighted by Crippen LogP contribution is 2.26. The molecule has 0 unspecified atom stereocenters. The van der Waals surface area contributed by atoms with Crippen molar-refractivity contribution in [2.45, 2.75) is 0 Å². The number of fused-ring (bicyclic) bond motifs is 1. The number of nitrogens with one attached hydrogen (secondary N) is 3. The van der Waals surface area contributed by atoms with Gasteiger partial charge in [-0.3, -0.25) is 5.10 Å². The topological polar surface area (TPSA) is 131 Å². The molecule has 160 valence electrons. The van der Waals surface area contributed by atoms with Gasteiger partial charge in [0.2, 0.25) is 0 Å². The van der Waals surface area contributed by atoms with Gasteiger partial charge in [-0.15, -0.1) is 0 Å². The van der Waals surface area contributed by atoms with Crippen LogP contribution in [0.5, 0.6) is 0 Å². The van der Waals surface area contributed by atoms with E-state index < -0.39 is 0 Å². The molecular formula is C24H24N8. The molecule has 0 bridgehead atoms. The second kappa shape index (κ2) is 9.48. The fourth-order valence-corrected chi connectivity index (χ4v) is 3.26. The van der Waals surface area contributed by atoms with Crippen molar-refractivity contribution in [3.8, 4) is 11.4 Å². The van der Waals surface area contributed by atoms with Crippen LogP contribution in [0.3, 0.4) is 0 Å². The van der Waals surface area contributed by atoms with E-state index in [0.717, 1.165) is 39.0 Å². The van der Waals surface area contributed by atoms with Crippen LogP contribution in [0.1, 0.15) is 5.56 Å². The lowest BCUT2D eigenvalue weighted by Gasteiger charge is -2.10. The molecule has 0 aliphatic carbocycles. The number of nitrogens with two attached hydrogens (primary N) is 2. The van der Waals surface area contributed by atoms with Crippen LogP contribution in [0.4, 0.5) is 17.2 Å². The summed E-state index contributed by atoms with van der Waals surface area (Å²) in [6, 6.07) is 13.8. The number of aromatic amines is 1. The minimum atomic E-state index is 0.625. The first-order chi connectivity index (χ1) is 15.7. The minimum absolute atomic E-state index is 0.625. The maximum absolute atomic E-state index is 5.62. The lowest BCUT2D eigenvalue weighted by atomic mass is 10.1. The van der Waals surface area contributed by atoms with Crippen molar-refractivity contribution in [2.24, 2.45) is 11.5 Å². The van der Waals surface area contributed by atoms with E-state index in [-0.39, 0.29) is 0 Å². The molecule has 0 saturated heterocycles. The second-order valence-electron chi connectivity index (χ2n) is 6.97. The van der Waals surface area contributed by atoms with Gasteiger partial charge in [-0.2, -0.15) is 5.10 Å². The third-order valence-electron chi connectivity index (χ3n) is 4.89. The summed E-state index contributed by atoms with van der Waals surface area (Å²) >= 11 is 0. The lowest BCUT2D eigenvalue weighted by molar-refractivity contribution is 1.12. The number of rotatable bonds is 7. The molecule has 8 nitrogen and oxygen atoms in total. The monoisotopic (exact) mass is 424 g/mol. The molecule has 4 aromatic rings. The number of H-pyrrole nitrogens is 1. The highest BCUT2D eigenvalue weighted by atomic mass is 15.1. The van der Waals surface area contributed by atoms with Gasteiger partial charge >= 0.3 is 0 Å². The van der Waals surface area contributed by atoms with Crippen molar-refractivity contribution >= 4 is 34.2 Å². The molecule has 2 aromatic carbocycles. The molecule has 7 N–H and O–H groups in total. The summed E-state index contributed by atoms with van der Waals surface area (Å²) in [4.78, 5) is 9.13. The van der Waals surface area contributed by atoms with Crippen molar-refractivity contribution in [3.63, 3.8) is 0 Å². The molecule has 0 saturated carbocycles. The van der Waals surface area contributed by atoms with E-state index in [1.165, 1.54) is 12.4 Å². The Hall–Kier alpha value is -4.59. The van der Waals surface area contributed by atoms with Crippen molar-refractivity contribution in [1.82, 2.24) is 20.2 Å². The van der Waals surface area contributed by atoms with Crippen LogP contribution in [0.2, 0.25) is 0 Å². The molecule has 0 aliphatic heterocycles. The quantitative estimate of drug-likeness (QED) is 0.282. The van der Waals surface area contributed by atoms with E-state index in [9.17, 15) is 0 Å². The van der Waals surface area contributed by atoms with E-state index in [2.05, 4.69) is 30.8 Å². The standard InChI is InChI=1S/C24H24N8/c1-27-22-13-18(5-4-17(22)3-2-16(14-26)8-10-25)24-28-11-9-23(31-24)30-20-6-7-21-19(12-20)15-29-32-21/h2-15,27H,25-26H2,1H3,(H,29,32)(H,28,30,31)/b3-2+,10-8-,16-14-. The van der Waals surface area contributed by atoms with Gasteiger partial charge in [-0.1, -0.05) is 24.3 Å². The van der Waals surface area contributed by atoms with Crippen LogP contribution >= 0.6 is 0 Å². The Morgan fingerprint density at radius 1 is 1.06 bits per heavy atom. The summed E-state index contributed by atoms with van der Waals surface area (Å²) in [7, 11) is 1.88. The number of nitrogens with zero attached hydrogens (tertiary/aromatic N) is 3. The third kappa shape index (κ3) is 4.59. The van der Waals surface area contributed by atoms with Crippen LogP contribution in [0.15, 0.2) is 85.0 Å². The van der Waals surface area contributed by atoms with Crippen molar-refractivity contribution in [2.75, 3.05) is 17.7 Å². The van der Waals surface area contributed by atoms with Crippen LogP contribution < -0.4 is 22.1 Å².